The predicted octanol–water partition coefficient (Wildman–Crippen LogP) is 1.10. The molecule has 0 unspecified atom stereocenters. The van der Waals surface area contributed by atoms with E-state index in [9.17, 15) is 4.79 Å². The van der Waals surface area contributed by atoms with E-state index in [1.54, 1.807) is 20.3 Å². The number of amides is 1. The zero-order valence-corrected chi connectivity index (χ0v) is 11.9. The molecule has 1 amide bonds. The Bertz CT molecular complexity index is 466. The van der Waals surface area contributed by atoms with Gasteiger partial charge < -0.3 is 15.5 Å². The van der Waals surface area contributed by atoms with E-state index in [0.717, 1.165) is 31.6 Å². The van der Waals surface area contributed by atoms with E-state index >= 15 is 0 Å². The molecule has 1 aromatic heterocycles. The summed E-state index contributed by atoms with van der Waals surface area (Å²) in [5, 5.41) is 0. The first-order chi connectivity index (χ1) is 8.95. The minimum absolute atomic E-state index is 0.0657. The standard InChI is InChI=1S/C14H22N4O/c1-4-6-14(15)9-18(10-14)11-5-7-16-12(8-11)13(19)17(2)3/h5,7-8H,4,6,9-10,15H2,1-3H3. The summed E-state index contributed by atoms with van der Waals surface area (Å²) in [4.78, 5) is 19.7. The normalized spacial score (nSPS) is 16.9. The first-order valence-electron chi connectivity index (χ1n) is 6.67. The number of hydrogen-bond donors (Lipinski definition) is 1. The van der Waals surface area contributed by atoms with Crippen LogP contribution in [-0.4, -0.2) is 48.5 Å². The second kappa shape index (κ2) is 5.17. The minimum Gasteiger partial charge on any atom is -0.368 e. The van der Waals surface area contributed by atoms with Crippen LogP contribution in [0.5, 0.6) is 0 Å². The topological polar surface area (TPSA) is 62.5 Å². The quantitative estimate of drug-likeness (QED) is 0.882. The molecule has 0 atom stereocenters. The summed E-state index contributed by atoms with van der Waals surface area (Å²) in [6, 6.07) is 3.77. The molecule has 2 heterocycles. The van der Waals surface area contributed by atoms with Gasteiger partial charge in [-0.25, -0.2) is 0 Å². The van der Waals surface area contributed by atoms with Crippen LogP contribution in [0.1, 0.15) is 30.3 Å². The van der Waals surface area contributed by atoms with Crippen LogP contribution in [-0.2, 0) is 0 Å². The zero-order valence-electron chi connectivity index (χ0n) is 11.9. The molecule has 1 fully saturated rings. The average molecular weight is 262 g/mol. The molecule has 1 aliphatic rings. The summed E-state index contributed by atoms with van der Waals surface area (Å²) in [6.07, 6.45) is 3.82. The Morgan fingerprint density at radius 2 is 2.21 bits per heavy atom. The Hall–Kier alpha value is -1.62. The molecule has 1 saturated heterocycles. The molecule has 0 saturated carbocycles. The highest BCUT2D eigenvalue weighted by Gasteiger charge is 2.38. The van der Waals surface area contributed by atoms with Crippen molar-refractivity contribution in [3.8, 4) is 0 Å². The van der Waals surface area contributed by atoms with E-state index in [1.807, 2.05) is 12.1 Å². The summed E-state index contributed by atoms with van der Waals surface area (Å²) in [5.74, 6) is -0.0741. The maximum Gasteiger partial charge on any atom is 0.272 e. The third kappa shape index (κ3) is 2.87. The van der Waals surface area contributed by atoms with Crippen molar-refractivity contribution in [2.45, 2.75) is 25.3 Å². The van der Waals surface area contributed by atoms with Crippen LogP contribution in [0.25, 0.3) is 0 Å². The summed E-state index contributed by atoms with van der Waals surface area (Å²) in [7, 11) is 3.46. The minimum atomic E-state index is -0.0741. The number of hydrogen-bond acceptors (Lipinski definition) is 4. The van der Waals surface area contributed by atoms with Gasteiger partial charge in [-0.15, -0.1) is 0 Å². The molecule has 5 nitrogen and oxygen atoms in total. The molecule has 1 aliphatic heterocycles. The predicted molar refractivity (Wildman–Crippen MR) is 76.3 cm³/mol. The van der Waals surface area contributed by atoms with Crippen molar-refractivity contribution in [2.24, 2.45) is 5.73 Å². The van der Waals surface area contributed by atoms with Crippen molar-refractivity contribution in [2.75, 3.05) is 32.1 Å². The number of rotatable bonds is 4. The zero-order chi connectivity index (χ0) is 14.0. The fourth-order valence-corrected chi connectivity index (χ4v) is 2.51. The van der Waals surface area contributed by atoms with Gasteiger partial charge in [0.15, 0.2) is 0 Å². The van der Waals surface area contributed by atoms with Crippen LogP contribution < -0.4 is 10.6 Å². The SMILES string of the molecule is CCCC1(N)CN(c2ccnc(C(=O)N(C)C)c2)C1. The van der Waals surface area contributed by atoms with Gasteiger partial charge in [-0.1, -0.05) is 13.3 Å². The second-order valence-electron chi connectivity index (χ2n) is 5.57. The maximum absolute atomic E-state index is 11.9. The molecule has 0 bridgehead atoms. The van der Waals surface area contributed by atoms with Crippen LogP contribution in [0, 0.1) is 0 Å². The number of nitrogens with two attached hydrogens (primary N) is 1. The van der Waals surface area contributed by atoms with Crippen LogP contribution in [0.3, 0.4) is 0 Å². The second-order valence-corrected chi connectivity index (χ2v) is 5.57. The molecule has 104 valence electrons. The van der Waals surface area contributed by atoms with Crippen LogP contribution in [0.15, 0.2) is 18.3 Å². The van der Waals surface area contributed by atoms with E-state index in [1.165, 1.54) is 4.90 Å². The van der Waals surface area contributed by atoms with Gasteiger partial charge in [-0.2, -0.15) is 0 Å². The van der Waals surface area contributed by atoms with E-state index in [0.29, 0.717) is 5.69 Å². The molecular formula is C14H22N4O. The summed E-state index contributed by atoms with van der Waals surface area (Å²) >= 11 is 0. The summed E-state index contributed by atoms with van der Waals surface area (Å²) < 4.78 is 0. The lowest BCUT2D eigenvalue weighted by Crippen LogP contribution is -2.67. The highest BCUT2D eigenvalue weighted by molar-refractivity contribution is 5.92. The van der Waals surface area contributed by atoms with Crippen molar-refractivity contribution in [3.63, 3.8) is 0 Å². The largest absolute Gasteiger partial charge is 0.368 e. The van der Waals surface area contributed by atoms with Gasteiger partial charge in [0, 0.05) is 39.1 Å². The van der Waals surface area contributed by atoms with Gasteiger partial charge >= 0.3 is 0 Å². The fraction of sp³-hybridized carbons (Fsp3) is 0.571. The number of pyridine rings is 1. The smallest absolute Gasteiger partial charge is 0.272 e. The molecule has 5 heteroatoms. The van der Waals surface area contributed by atoms with Gasteiger partial charge in [0.2, 0.25) is 0 Å². The molecule has 1 aromatic rings. The third-order valence-electron chi connectivity index (χ3n) is 3.49. The Balaban J connectivity index is 2.07. The van der Waals surface area contributed by atoms with Gasteiger partial charge in [0.05, 0.1) is 5.54 Å². The van der Waals surface area contributed by atoms with Crippen molar-refractivity contribution >= 4 is 11.6 Å². The van der Waals surface area contributed by atoms with Gasteiger partial charge in [-0.05, 0) is 18.6 Å². The molecule has 2 N–H and O–H groups in total. The van der Waals surface area contributed by atoms with Gasteiger partial charge in [0.25, 0.3) is 5.91 Å². The third-order valence-corrected chi connectivity index (χ3v) is 3.49. The maximum atomic E-state index is 11.9. The highest BCUT2D eigenvalue weighted by Crippen LogP contribution is 2.29. The van der Waals surface area contributed by atoms with Crippen LogP contribution in [0.4, 0.5) is 5.69 Å². The lowest BCUT2D eigenvalue weighted by atomic mass is 9.86. The van der Waals surface area contributed by atoms with Crippen molar-refractivity contribution in [3.05, 3.63) is 24.0 Å². The van der Waals surface area contributed by atoms with E-state index in [2.05, 4.69) is 16.8 Å². The summed E-state index contributed by atoms with van der Waals surface area (Å²) in [6.45, 7) is 3.85. The van der Waals surface area contributed by atoms with E-state index < -0.39 is 0 Å². The molecule has 0 aromatic carbocycles. The van der Waals surface area contributed by atoms with Crippen molar-refractivity contribution < 1.29 is 4.79 Å². The average Bonchev–Trinajstić information content (AvgIpc) is 2.35. The lowest BCUT2D eigenvalue weighted by Gasteiger charge is -2.49. The van der Waals surface area contributed by atoms with Crippen LogP contribution in [0.2, 0.25) is 0 Å². The number of carbonyl (C=O) groups excluding carboxylic acids is 1. The lowest BCUT2D eigenvalue weighted by molar-refractivity contribution is 0.0822. The van der Waals surface area contributed by atoms with Crippen LogP contribution >= 0.6 is 0 Å². The number of anilines is 1. The number of carbonyl (C=O) groups is 1. The van der Waals surface area contributed by atoms with E-state index in [4.69, 9.17) is 5.73 Å². The molecule has 2 rings (SSSR count). The van der Waals surface area contributed by atoms with Gasteiger partial charge in [0.1, 0.15) is 5.69 Å². The molecule has 0 radical (unpaired) electrons. The number of nitrogens with zero attached hydrogens (tertiary/aromatic N) is 3. The first kappa shape index (κ1) is 13.8. The van der Waals surface area contributed by atoms with Crippen molar-refractivity contribution in [1.82, 2.24) is 9.88 Å². The molecule has 19 heavy (non-hydrogen) atoms. The Morgan fingerprint density at radius 1 is 1.53 bits per heavy atom. The molecule has 0 spiro atoms. The summed E-state index contributed by atoms with van der Waals surface area (Å²) in [5.41, 5.74) is 7.69. The Kier molecular flexibility index (Phi) is 3.75. The fourth-order valence-electron chi connectivity index (χ4n) is 2.51. The van der Waals surface area contributed by atoms with E-state index in [-0.39, 0.29) is 11.4 Å². The Labute approximate surface area is 114 Å². The molecule has 0 aliphatic carbocycles. The number of aromatic nitrogens is 1. The molecular weight excluding hydrogens is 240 g/mol. The first-order valence-corrected chi connectivity index (χ1v) is 6.67. The van der Waals surface area contributed by atoms with Gasteiger partial charge in [-0.3, -0.25) is 9.78 Å². The monoisotopic (exact) mass is 262 g/mol. The Morgan fingerprint density at radius 3 is 2.79 bits per heavy atom. The van der Waals surface area contributed by atoms with Crippen molar-refractivity contribution in [1.29, 1.82) is 0 Å². The highest BCUT2D eigenvalue weighted by atomic mass is 16.2.